The van der Waals surface area contributed by atoms with Gasteiger partial charge in [0, 0.05) is 16.7 Å². The van der Waals surface area contributed by atoms with Gasteiger partial charge in [0.2, 0.25) is 0 Å². The Hall–Kier alpha value is -3.62. The number of anilines is 2. The van der Waals surface area contributed by atoms with Gasteiger partial charge in [0.05, 0.1) is 22.4 Å². The van der Waals surface area contributed by atoms with Gasteiger partial charge in [-0.1, -0.05) is 68.5 Å². The summed E-state index contributed by atoms with van der Waals surface area (Å²) in [4.78, 5) is 3.89. The summed E-state index contributed by atoms with van der Waals surface area (Å²) in [5.74, 6) is -7.69. The van der Waals surface area contributed by atoms with Crippen LogP contribution in [0.25, 0.3) is 11.1 Å². The maximum Gasteiger partial charge on any atom is 0.418 e. The lowest BCUT2D eigenvalue weighted by atomic mass is 9.70. The molecule has 0 saturated heterocycles. The molecule has 5 rings (SSSR count). The first-order valence-electron chi connectivity index (χ1n) is 10.6. The van der Waals surface area contributed by atoms with Crippen LogP contribution in [0, 0.1) is 23.5 Å². The molecule has 0 atom stereocenters. The Morgan fingerprint density at radius 3 is 2.00 bits per heavy atom. The van der Waals surface area contributed by atoms with Crippen LogP contribution in [0.15, 0.2) is 66.8 Å². The lowest BCUT2D eigenvalue weighted by Crippen LogP contribution is -2.50. The SMILES string of the molecule is CC1(C)c2ccccc2N(c2c(-c3c(F)c(F)nc(F)c3F)cccc2C(F)(F)F)C12C=CC=C2. The number of fused-ring (bicyclic) bond motifs is 1. The van der Waals surface area contributed by atoms with Gasteiger partial charge in [-0.05, 0) is 17.7 Å². The minimum Gasteiger partial charge on any atom is -0.326 e. The summed E-state index contributed by atoms with van der Waals surface area (Å²) in [6, 6.07) is 9.46. The van der Waals surface area contributed by atoms with Crippen LogP contribution in [0.3, 0.4) is 0 Å². The van der Waals surface area contributed by atoms with Crippen LogP contribution in [-0.2, 0) is 11.6 Å². The zero-order valence-electron chi connectivity index (χ0n) is 18.4. The maximum atomic E-state index is 14.9. The Balaban J connectivity index is 1.96. The fourth-order valence-corrected chi connectivity index (χ4v) is 5.16. The van der Waals surface area contributed by atoms with Gasteiger partial charge in [-0.2, -0.15) is 26.9 Å². The minimum absolute atomic E-state index is 0.363. The van der Waals surface area contributed by atoms with Crippen molar-refractivity contribution < 1.29 is 30.7 Å². The fourth-order valence-electron chi connectivity index (χ4n) is 5.16. The van der Waals surface area contributed by atoms with Gasteiger partial charge in [-0.3, -0.25) is 0 Å². The van der Waals surface area contributed by atoms with Crippen LogP contribution in [0.1, 0.15) is 25.0 Å². The molecule has 0 unspecified atom stereocenters. The van der Waals surface area contributed by atoms with Crippen molar-refractivity contribution in [3.05, 3.63) is 101 Å². The van der Waals surface area contributed by atoms with Crippen molar-refractivity contribution in [2.75, 3.05) is 4.90 Å². The van der Waals surface area contributed by atoms with Crippen LogP contribution in [0.4, 0.5) is 42.1 Å². The van der Waals surface area contributed by atoms with E-state index in [1.165, 1.54) is 4.90 Å². The number of hydrogen-bond acceptors (Lipinski definition) is 2. The van der Waals surface area contributed by atoms with E-state index in [-0.39, 0.29) is 0 Å². The first-order chi connectivity index (χ1) is 16.4. The van der Waals surface area contributed by atoms with Crippen LogP contribution in [-0.4, -0.2) is 10.5 Å². The number of benzene rings is 2. The first-order valence-corrected chi connectivity index (χ1v) is 10.6. The Morgan fingerprint density at radius 2 is 1.40 bits per heavy atom. The van der Waals surface area contributed by atoms with Gasteiger partial charge in [0.1, 0.15) is 0 Å². The average molecular weight is 490 g/mol. The van der Waals surface area contributed by atoms with Crippen molar-refractivity contribution in [3.63, 3.8) is 0 Å². The highest BCUT2D eigenvalue weighted by atomic mass is 19.4. The predicted molar refractivity (Wildman–Crippen MR) is 117 cm³/mol. The lowest BCUT2D eigenvalue weighted by molar-refractivity contribution is -0.137. The van der Waals surface area contributed by atoms with Gasteiger partial charge < -0.3 is 4.90 Å². The molecule has 2 aromatic carbocycles. The number of nitrogens with zero attached hydrogens (tertiary/aromatic N) is 2. The average Bonchev–Trinajstić information content (AvgIpc) is 3.36. The lowest BCUT2D eigenvalue weighted by Gasteiger charge is -2.44. The molecule has 2 nitrogen and oxygen atoms in total. The van der Waals surface area contributed by atoms with E-state index in [1.54, 1.807) is 48.6 Å². The quantitative estimate of drug-likeness (QED) is 0.271. The molecule has 0 bridgehead atoms. The Morgan fingerprint density at radius 1 is 0.800 bits per heavy atom. The summed E-state index contributed by atoms with van der Waals surface area (Å²) >= 11 is 0. The van der Waals surface area contributed by atoms with E-state index >= 15 is 0 Å². The summed E-state index contributed by atoms with van der Waals surface area (Å²) < 4.78 is 101. The minimum atomic E-state index is -4.96. The Kier molecular flexibility index (Phi) is 4.92. The van der Waals surface area contributed by atoms with Crippen LogP contribution < -0.4 is 4.90 Å². The molecule has 2 aliphatic rings. The zero-order valence-corrected chi connectivity index (χ0v) is 18.4. The summed E-state index contributed by atoms with van der Waals surface area (Å²) in [6.45, 7) is 3.68. The van der Waals surface area contributed by atoms with E-state index < -0.39 is 63.0 Å². The highest BCUT2D eigenvalue weighted by Crippen LogP contribution is 2.60. The maximum absolute atomic E-state index is 14.9. The van der Waals surface area contributed by atoms with E-state index in [0.717, 1.165) is 18.2 Å². The number of alkyl halides is 3. The molecular formula is C26H17F7N2. The Bertz CT molecular complexity index is 1380. The molecule has 35 heavy (non-hydrogen) atoms. The molecule has 3 aromatic rings. The predicted octanol–water partition coefficient (Wildman–Crippen LogP) is 7.62. The van der Waals surface area contributed by atoms with Crippen molar-refractivity contribution in [2.24, 2.45) is 0 Å². The molecule has 9 heteroatoms. The number of hydrogen-bond donors (Lipinski definition) is 0. The third-order valence-electron chi connectivity index (χ3n) is 6.83. The fraction of sp³-hybridized carbons (Fsp3) is 0.192. The Labute approximate surface area is 196 Å². The molecule has 0 saturated carbocycles. The monoisotopic (exact) mass is 490 g/mol. The molecule has 1 aliphatic heterocycles. The molecule has 1 spiro atoms. The molecule has 2 heterocycles. The molecule has 0 radical (unpaired) electrons. The van der Waals surface area contributed by atoms with Crippen LogP contribution in [0.2, 0.25) is 0 Å². The van der Waals surface area contributed by atoms with E-state index in [1.807, 2.05) is 13.8 Å². The number of pyridine rings is 1. The van der Waals surface area contributed by atoms with Gasteiger partial charge >= 0.3 is 6.18 Å². The number of para-hydroxylation sites is 2. The highest BCUT2D eigenvalue weighted by Gasteiger charge is 2.57. The summed E-state index contributed by atoms with van der Waals surface area (Å²) in [5.41, 5.74) is -4.72. The van der Waals surface area contributed by atoms with Gasteiger partial charge in [-0.15, -0.1) is 0 Å². The standard InChI is InChI=1S/C26H17F7N2/c1-24(2)15-9-3-4-11-17(15)35(25(24)12-5-6-13-25)21-14(8-7-10-16(21)26(31,32)33)18-19(27)22(29)34-23(30)20(18)28/h3-13H,1-2H3. The van der Waals surface area contributed by atoms with Crippen molar-refractivity contribution in [2.45, 2.75) is 31.0 Å². The van der Waals surface area contributed by atoms with E-state index in [0.29, 0.717) is 11.3 Å². The topological polar surface area (TPSA) is 16.1 Å². The van der Waals surface area contributed by atoms with E-state index in [2.05, 4.69) is 4.98 Å². The number of aromatic nitrogens is 1. The smallest absolute Gasteiger partial charge is 0.326 e. The molecule has 0 fully saturated rings. The number of halogens is 7. The molecule has 0 N–H and O–H groups in total. The molecule has 1 aromatic heterocycles. The van der Waals surface area contributed by atoms with Crippen molar-refractivity contribution in [1.29, 1.82) is 0 Å². The van der Waals surface area contributed by atoms with Gasteiger partial charge in [-0.25, -0.2) is 8.78 Å². The molecule has 180 valence electrons. The van der Waals surface area contributed by atoms with Crippen LogP contribution >= 0.6 is 0 Å². The van der Waals surface area contributed by atoms with E-state index in [9.17, 15) is 30.7 Å². The third kappa shape index (κ3) is 3.06. The van der Waals surface area contributed by atoms with Crippen molar-refractivity contribution in [3.8, 4) is 11.1 Å². The summed E-state index contributed by atoms with van der Waals surface area (Å²) in [6.07, 6.45) is 1.78. The highest BCUT2D eigenvalue weighted by molar-refractivity contribution is 5.91. The van der Waals surface area contributed by atoms with Gasteiger partial charge in [0.15, 0.2) is 11.6 Å². The van der Waals surface area contributed by atoms with Crippen LogP contribution in [0.5, 0.6) is 0 Å². The second kappa shape index (κ2) is 7.44. The first kappa shape index (κ1) is 23.1. The molecular weight excluding hydrogens is 473 g/mol. The van der Waals surface area contributed by atoms with Crippen molar-refractivity contribution in [1.82, 2.24) is 4.98 Å². The zero-order chi connectivity index (χ0) is 25.3. The second-order valence-electron chi connectivity index (χ2n) is 8.92. The second-order valence-corrected chi connectivity index (χ2v) is 8.92. The largest absolute Gasteiger partial charge is 0.418 e. The normalized spacial score (nSPS) is 17.5. The molecule has 1 aliphatic carbocycles. The third-order valence-corrected chi connectivity index (χ3v) is 6.83. The number of rotatable bonds is 2. The molecule has 0 amide bonds. The summed E-state index contributed by atoms with van der Waals surface area (Å²) in [7, 11) is 0. The van der Waals surface area contributed by atoms with Crippen molar-refractivity contribution >= 4 is 11.4 Å². The number of allylic oxidation sites excluding steroid dienone is 2. The van der Waals surface area contributed by atoms with E-state index in [4.69, 9.17) is 0 Å². The van der Waals surface area contributed by atoms with Gasteiger partial charge in [0.25, 0.3) is 11.9 Å². The summed E-state index contributed by atoms with van der Waals surface area (Å²) in [5, 5.41) is 0.